The molecule has 0 N–H and O–H groups in total. The van der Waals surface area contributed by atoms with Crippen molar-refractivity contribution in [3.63, 3.8) is 0 Å². The van der Waals surface area contributed by atoms with E-state index in [-0.39, 0.29) is 129 Å². The van der Waals surface area contributed by atoms with Crippen LogP contribution in [0.3, 0.4) is 0 Å². The van der Waals surface area contributed by atoms with Gasteiger partial charge < -0.3 is 41.9 Å². The van der Waals surface area contributed by atoms with Crippen molar-refractivity contribution in [2.45, 2.75) is 91.2 Å². The van der Waals surface area contributed by atoms with Crippen molar-refractivity contribution >= 4 is 88.1 Å². The van der Waals surface area contributed by atoms with Gasteiger partial charge in [-0.05, 0) is 217 Å². The summed E-state index contributed by atoms with van der Waals surface area (Å²) in [5.74, 6) is 4.20. The van der Waals surface area contributed by atoms with Gasteiger partial charge >= 0.3 is 118 Å². The third kappa shape index (κ3) is 18.9. The fourth-order valence-corrected chi connectivity index (χ4v) is 17.2. The van der Waals surface area contributed by atoms with Crippen LogP contribution in [0.5, 0.6) is 57.5 Å². The van der Waals surface area contributed by atoms with Crippen LogP contribution in [0.25, 0.3) is 0 Å². The topological polar surface area (TPSA) is 275 Å². The molecule has 0 aliphatic carbocycles. The number of benzene rings is 10. The van der Waals surface area contributed by atoms with Crippen molar-refractivity contribution in [3.05, 3.63) is 241 Å². The largest absolute Gasteiger partial charge is 1.00 e. The standard InChI is InChI=1S/C71H64O17P2S4.4Na/c1-69(2,3)45-41-63-67(65(43-45)89(55-25-9-47(10-26-55)84-51-17-33-59(34-18-51)91(72,73)74)56-27-11-48(12-28-56)85-52-19-35-60(36-20-52)92(75,76)77)88-68-64(71(63,7)8)42-46(70(4,5)6)44-66(68)90(57-29-13-49(14-30-57)86-53-21-37-61(38-22-53)93(78,79)80)58-31-15-50(16-32-58)87-54-23-39-62(40-24-54)94(81,82)83;;;;/h9-44H,1-8H3,(H,72,73,74)(H,75,76,77)(H,78,79,80)(H,81,82,83);;;;/q;4*+1/p-4. The van der Waals surface area contributed by atoms with Crippen LogP contribution in [-0.2, 0) is 56.7 Å². The minimum atomic E-state index is -4.70. The molecule has 0 saturated carbocycles. The van der Waals surface area contributed by atoms with Crippen LogP contribution in [0.1, 0.15) is 77.6 Å². The fourth-order valence-electron chi connectivity index (χ4n) is 10.6. The Labute approximate surface area is 663 Å². The summed E-state index contributed by atoms with van der Waals surface area (Å²) in [5.41, 5.74) is 2.43. The molecule has 1 aliphatic rings. The van der Waals surface area contributed by atoms with Crippen LogP contribution in [0.2, 0.25) is 0 Å². The third-order valence-corrected chi connectivity index (χ3v) is 24.0. The van der Waals surface area contributed by atoms with Crippen LogP contribution in [0.15, 0.2) is 238 Å². The molecule has 484 valence electrons. The first kappa shape index (κ1) is 81.0. The van der Waals surface area contributed by atoms with Crippen LogP contribution >= 0.6 is 15.8 Å². The molecule has 0 aromatic heterocycles. The summed E-state index contributed by atoms with van der Waals surface area (Å²) in [6.07, 6.45) is 0. The van der Waals surface area contributed by atoms with Gasteiger partial charge in [0.05, 0.1) is 19.6 Å². The Balaban J connectivity index is 0.00000338. The van der Waals surface area contributed by atoms with Crippen molar-refractivity contribution in [1.29, 1.82) is 0 Å². The second kappa shape index (κ2) is 31.7. The smallest absolute Gasteiger partial charge is 0.744 e. The molecule has 1 aliphatic heterocycles. The summed E-state index contributed by atoms with van der Waals surface area (Å²) in [5, 5.41) is 5.28. The summed E-state index contributed by atoms with van der Waals surface area (Å²) in [6.45, 7) is 17.4. The molecule has 0 bridgehead atoms. The van der Waals surface area contributed by atoms with Crippen molar-refractivity contribution in [3.8, 4) is 57.5 Å². The van der Waals surface area contributed by atoms with Gasteiger partial charge in [0.1, 0.15) is 98.0 Å². The first-order chi connectivity index (χ1) is 44.1. The monoisotopic (exact) mass is 1470 g/mol. The summed E-state index contributed by atoms with van der Waals surface area (Å²) >= 11 is 0. The molecule has 0 unspecified atom stereocenters. The molecule has 1 heterocycles. The first-order valence-corrected chi connectivity index (χ1v) is 37.4. The number of hydrogen-bond acceptors (Lipinski definition) is 17. The van der Waals surface area contributed by atoms with Gasteiger partial charge in [-0.3, -0.25) is 0 Å². The van der Waals surface area contributed by atoms with Gasteiger partial charge in [0, 0.05) is 27.2 Å². The zero-order chi connectivity index (χ0) is 67.5. The van der Waals surface area contributed by atoms with E-state index in [9.17, 15) is 51.9 Å². The van der Waals surface area contributed by atoms with Crippen molar-refractivity contribution < 1.29 is 194 Å². The molecule has 0 amide bonds. The SMILES string of the molecule is CC(C)(C)c1cc(P(c2ccc(Oc3ccc(S(=O)(=O)[O-])cc3)cc2)c2ccc(Oc3ccc(S(=O)(=O)[O-])cc3)cc2)c2c(c1)C(C)(C)c1cc(C(C)(C)C)cc(P(c3ccc(Oc4ccc(S(=O)(=O)[O-])cc4)cc3)c3ccc(Oc4ccc(S(=O)(=O)[O-])cc4)cc3)c1O2.[Na+].[Na+].[Na+].[Na+]. The Morgan fingerprint density at radius 3 is 0.673 bits per heavy atom. The second-order valence-electron chi connectivity index (χ2n) is 24.7. The van der Waals surface area contributed by atoms with Crippen LogP contribution < -0.4 is 174 Å². The molecule has 11 rings (SSSR count). The maximum Gasteiger partial charge on any atom is 1.00 e. The van der Waals surface area contributed by atoms with Gasteiger partial charge in [-0.25, -0.2) is 33.7 Å². The molecule has 27 heteroatoms. The zero-order valence-electron chi connectivity index (χ0n) is 55.8. The molecule has 10 aromatic rings. The predicted molar refractivity (Wildman–Crippen MR) is 358 cm³/mol. The number of ether oxygens (including phenoxy) is 5. The minimum Gasteiger partial charge on any atom is -0.744 e. The van der Waals surface area contributed by atoms with Gasteiger partial charge in [0.2, 0.25) is 0 Å². The molecule has 0 radical (unpaired) electrons. The summed E-state index contributed by atoms with van der Waals surface area (Å²) in [6, 6.07) is 59.8. The number of rotatable bonds is 18. The summed E-state index contributed by atoms with van der Waals surface area (Å²) in [4.78, 5) is -1.57. The van der Waals surface area contributed by atoms with Crippen LogP contribution in [-0.4, -0.2) is 51.9 Å². The van der Waals surface area contributed by atoms with Crippen molar-refractivity contribution in [1.82, 2.24) is 0 Å². The van der Waals surface area contributed by atoms with Crippen molar-refractivity contribution in [2.75, 3.05) is 0 Å². The quantitative estimate of drug-likeness (QED) is 0.0659. The van der Waals surface area contributed by atoms with Crippen LogP contribution in [0, 0.1) is 0 Å². The van der Waals surface area contributed by atoms with Gasteiger partial charge in [-0.2, -0.15) is 0 Å². The average Bonchev–Trinajstić information content (AvgIpc) is 0.712. The molecule has 0 fully saturated rings. The first-order valence-electron chi connectivity index (χ1n) is 29.1. The Bertz CT molecular complexity index is 4430. The van der Waals surface area contributed by atoms with E-state index < -0.39 is 81.3 Å². The molecular formula is C71H60Na4O17P2S4. The van der Waals surface area contributed by atoms with Gasteiger partial charge in [-0.1, -0.05) is 116 Å². The normalized spacial score (nSPS) is 12.8. The van der Waals surface area contributed by atoms with E-state index in [1.54, 1.807) is 0 Å². The van der Waals surface area contributed by atoms with Crippen molar-refractivity contribution in [2.24, 2.45) is 0 Å². The molecular weight excluding hydrogens is 1410 g/mol. The van der Waals surface area contributed by atoms with E-state index in [0.29, 0.717) is 57.5 Å². The van der Waals surface area contributed by atoms with E-state index in [0.717, 1.165) is 54.1 Å². The predicted octanol–water partition coefficient (Wildman–Crippen LogP) is 1.03. The van der Waals surface area contributed by atoms with Gasteiger partial charge in [0.15, 0.2) is 0 Å². The number of hydrogen-bond donors (Lipinski definition) is 0. The molecule has 98 heavy (non-hydrogen) atoms. The van der Waals surface area contributed by atoms with E-state index in [2.05, 4.69) is 79.7 Å². The Kier molecular flexibility index (Phi) is 26.2. The molecule has 0 spiro atoms. The van der Waals surface area contributed by atoms with E-state index in [1.807, 2.05) is 97.1 Å². The van der Waals surface area contributed by atoms with Crippen LogP contribution in [0.4, 0.5) is 0 Å². The average molecular weight is 1470 g/mol. The van der Waals surface area contributed by atoms with E-state index in [4.69, 9.17) is 23.7 Å². The third-order valence-electron chi connectivity index (χ3n) is 15.7. The molecule has 0 atom stereocenters. The minimum absolute atomic E-state index is 0. The van der Waals surface area contributed by atoms with Gasteiger partial charge in [0.25, 0.3) is 0 Å². The maximum absolute atomic E-state index is 11.7. The molecule has 0 saturated heterocycles. The maximum atomic E-state index is 11.7. The Morgan fingerprint density at radius 2 is 0.500 bits per heavy atom. The van der Waals surface area contributed by atoms with E-state index in [1.165, 1.54) is 97.1 Å². The number of fused-ring (bicyclic) bond motifs is 2. The summed E-state index contributed by atoms with van der Waals surface area (Å²) in [7, 11) is -22.0. The Hall–Kier alpha value is -4.30. The summed E-state index contributed by atoms with van der Waals surface area (Å²) < 4.78 is 173. The van der Waals surface area contributed by atoms with Gasteiger partial charge in [-0.15, -0.1) is 0 Å². The van der Waals surface area contributed by atoms with E-state index >= 15 is 0 Å². The zero-order valence-corrected chi connectivity index (χ0v) is 68.8. The molecule has 10 aromatic carbocycles. The molecule has 17 nitrogen and oxygen atoms in total. The second-order valence-corrected chi connectivity index (χ2v) is 34.6. The fraction of sp³-hybridized carbons (Fsp3) is 0.155. The Morgan fingerprint density at radius 1 is 0.316 bits per heavy atom.